The fourth-order valence-corrected chi connectivity index (χ4v) is 11.9. The van der Waals surface area contributed by atoms with Crippen LogP contribution in [0.3, 0.4) is 0 Å². The standard InChI is InChI=1S/2C8H17.C4H9.C2H4OS.Sn/c2*1-4-5-6-7-8(2)3;1-3-4-2;1-2(3)4;/h2*8H,1,4-7H2,2-3H3;1,3-4H2,2H3;1H3,(H,3,4);/q;;;;+1/p-1. The summed E-state index contributed by atoms with van der Waals surface area (Å²) in [6.45, 7) is 13.2. The van der Waals surface area contributed by atoms with Gasteiger partial charge in [0.2, 0.25) is 0 Å². The molecule has 0 aliphatic heterocycles. The van der Waals surface area contributed by atoms with Crippen molar-refractivity contribution in [3.63, 3.8) is 0 Å². The minimum absolute atomic E-state index is 0.250. The molecule has 0 N–H and O–H groups in total. The van der Waals surface area contributed by atoms with E-state index in [-0.39, 0.29) is 5.05 Å². The van der Waals surface area contributed by atoms with Crippen molar-refractivity contribution < 1.29 is 5.11 Å². The van der Waals surface area contributed by atoms with Crippen molar-refractivity contribution in [2.24, 2.45) is 11.8 Å². The zero-order valence-electron chi connectivity index (χ0n) is 18.2. The van der Waals surface area contributed by atoms with Gasteiger partial charge in [-0.1, -0.05) is 5.05 Å². The summed E-state index contributed by atoms with van der Waals surface area (Å²) in [7, 11) is 0. The van der Waals surface area contributed by atoms with Crippen LogP contribution in [0.5, 0.6) is 0 Å². The summed E-state index contributed by atoms with van der Waals surface area (Å²) in [6.07, 6.45) is 15.0. The molecule has 0 spiro atoms. The van der Waals surface area contributed by atoms with Gasteiger partial charge in [0.05, 0.1) is 0 Å². The van der Waals surface area contributed by atoms with Crippen molar-refractivity contribution >= 4 is 37.0 Å². The van der Waals surface area contributed by atoms with Gasteiger partial charge >= 0.3 is 144 Å². The van der Waals surface area contributed by atoms with Gasteiger partial charge in [-0.2, -0.15) is 0 Å². The first-order valence-corrected chi connectivity index (χ1v) is 17.3. The molecule has 0 bridgehead atoms. The van der Waals surface area contributed by atoms with Crippen LogP contribution in [-0.2, 0) is 0 Å². The molecule has 3 heteroatoms. The summed E-state index contributed by atoms with van der Waals surface area (Å²) >= 11 is 3.01. The summed E-state index contributed by atoms with van der Waals surface area (Å²) < 4.78 is 5.09. The third-order valence-electron chi connectivity index (χ3n) is 4.51. The van der Waals surface area contributed by atoms with Crippen LogP contribution in [-0.4, -0.2) is 24.8 Å². The fraction of sp³-hybridized carbons (Fsp3) is 0.955. The predicted octanol–water partition coefficient (Wildman–Crippen LogP) is 7.41. The molecule has 0 unspecified atom stereocenters. The Kier molecular flexibility index (Phi) is 23.4. The Hall–Kier alpha value is 0.689. The molecule has 0 aromatic heterocycles. The third kappa shape index (κ3) is 29.7. The third-order valence-corrected chi connectivity index (χ3v) is 13.6. The Morgan fingerprint density at radius 1 is 0.760 bits per heavy atom. The molecule has 0 aliphatic rings. The van der Waals surface area contributed by atoms with Gasteiger partial charge in [-0.15, -0.1) is 12.2 Å². The van der Waals surface area contributed by atoms with E-state index in [1.165, 1.54) is 58.3 Å². The van der Waals surface area contributed by atoms with Crippen molar-refractivity contribution in [2.75, 3.05) is 0 Å². The number of unbranched alkanes of at least 4 members (excludes halogenated alkanes) is 5. The van der Waals surface area contributed by atoms with E-state index >= 15 is 0 Å². The molecule has 0 saturated carbocycles. The second-order valence-electron chi connectivity index (χ2n) is 8.33. The predicted molar refractivity (Wildman–Crippen MR) is 120 cm³/mol. The van der Waals surface area contributed by atoms with Gasteiger partial charge < -0.3 is 5.11 Å². The first-order valence-electron chi connectivity index (χ1n) is 10.8. The Morgan fingerprint density at radius 3 is 1.44 bits per heavy atom. The SMILES string of the molecule is CC([O-])=S.CCC[CH2][Sn+]([CH2]CCCCC(C)C)[CH2]CCCCC(C)C. The van der Waals surface area contributed by atoms with Crippen LogP contribution in [0.2, 0.25) is 13.3 Å². The van der Waals surface area contributed by atoms with E-state index in [1.54, 1.807) is 26.2 Å². The summed E-state index contributed by atoms with van der Waals surface area (Å²) in [5.41, 5.74) is 0. The van der Waals surface area contributed by atoms with E-state index < -0.39 is 19.8 Å². The Morgan fingerprint density at radius 2 is 1.12 bits per heavy atom. The minimum atomic E-state index is -0.975. The zero-order chi connectivity index (χ0) is 19.5. The van der Waals surface area contributed by atoms with E-state index in [9.17, 15) is 5.11 Å². The van der Waals surface area contributed by atoms with Gasteiger partial charge in [0, 0.05) is 0 Å². The average Bonchev–Trinajstić information content (AvgIpc) is 2.49. The molecular formula is C22H46OSSn. The van der Waals surface area contributed by atoms with Crippen molar-refractivity contribution in [1.82, 2.24) is 0 Å². The number of rotatable bonds is 15. The van der Waals surface area contributed by atoms with Crippen LogP contribution in [0.1, 0.15) is 106 Å². The number of hydrogen-bond donors (Lipinski definition) is 0. The summed E-state index contributed by atoms with van der Waals surface area (Å²) in [4.78, 5) is 0. The molecule has 25 heavy (non-hydrogen) atoms. The van der Waals surface area contributed by atoms with Crippen LogP contribution >= 0.6 is 12.2 Å². The molecule has 0 rings (SSSR count). The molecule has 0 saturated heterocycles. The molecule has 0 radical (unpaired) electrons. The van der Waals surface area contributed by atoms with Crippen LogP contribution < -0.4 is 5.11 Å². The summed E-state index contributed by atoms with van der Waals surface area (Å²) in [5, 5.41) is 9.01. The van der Waals surface area contributed by atoms with Crippen molar-refractivity contribution in [2.45, 2.75) is 119 Å². The van der Waals surface area contributed by atoms with Crippen molar-refractivity contribution in [3.8, 4) is 0 Å². The van der Waals surface area contributed by atoms with E-state index in [1.807, 2.05) is 0 Å². The molecule has 0 amide bonds. The van der Waals surface area contributed by atoms with Gasteiger partial charge in [0.15, 0.2) is 0 Å². The first-order chi connectivity index (χ1) is 11.8. The summed E-state index contributed by atoms with van der Waals surface area (Å²) in [6, 6.07) is 0. The molecule has 0 atom stereocenters. The fourth-order valence-electron chi connectivity index (χ4n) is 3.01. The molecule has 0 aromatic rings. The van der Waals surface area contributed by atoms with E-state index in [0.29, 0.717) is 0 Å². The van der Waals surface area contributed by atoms with Gasteiger partial charge in [0.1, 0.15) is 0 Å². The Labute approximate surface area is 172 Å². The van der Waals surface area contributed by atoms with Gasteiger partial charge in [-0.25, -0.2) is 0 Å². The van der Waals surface area contributed by atoms with Gasteiger partial charge in [-0.05, 0) is 6.92 Å². The molecular weight excluding hydrogens is 431 g/mol. The van der Waals surface area contributed by atoms with Gasteiger partial charge in [0.25, 0.3) is 0 Å². The quantitative estimate of drug-likeness (QED) is 0.139. The summed E-state index contributed by atoms with van der Waals surface area (Å²) in [5.74, 6) is 1.81. The van der Waals surface area contributed by atoms with Gasteiger partial charge in [-0.3, -0.25) is 0 Å². The molecule has 150 valence electrons. The maximum absolute atomic E-state index is 9.26. The zero-order valence-corrected chi connectivity index (χ0v) is 21.8. The Balaban J connectivity index is 0. The van der Waals surface area contributed by atoms with Crippen LogP contribution in [0.25, 0.3) is 0 Å². The maximum atomic E-state index is 9.26. The van der Waals surface area contributed by atoms with E-state index in [4.69, 9.17) is 0 Å². The molecule has 0 fully saturated rings. The van der Waals surface area contributed by atoms with Crippen LogP contribution in [0, 0.1) is 11.8 Å². The topological polar surface area (TPSA) is 23.1 Å². The molecule has 1 nitrogen and oxygen atoms in total. The molecule has 0 aromatic carbocycles. The van der Waals surface area contributed by atoms with Crippen LogP contribution in [0.4, 0.5) is 0 Å². The van der Waals surface area contributed by atoms with Crippen LogP contribution in [0.15, 0.2) is 0 Å². The normalized spacial score (nSPS) is 10.7. The van der Waals surface area contributed by atoms with Crippen molar-refractivity contribution in [3.05, 3.63) is 0 Å². The molecule has 0 heterocycles. The number of thiocarbonyl (C=S) groups is 1. The molecule has 0 aliphatic carbocycles. The monoisotopic (exact) mass is 478 g/mol. The second-order valence-corrected chi connectivity index (χ2v) is 17.5. The van der Waals surface area contributed by atoms with Crippen molar-refractivity contribution in [1.29, 1.82) is 0 Å². The second kappa shape index (κ2) is 21.0. The Bertz CT molecular complexity index is 257. The first kappa shape index (κ1) is 27.9. The number of hydrogen-bond acceptors (Lipinski definition) is 2. The van der Waals surface area contributed by atoms with E-state index in [0.717, 1.165) is 11.8 Å². The average molecular weight is 477 g/mol. The van der Waals surface area contributed by atoms with E-state index in [2.05, 4.69) is 46.8 Å².